The minimum atomic E-state index is -4.49. The monoisotopic (exact) mass is 437 g/mol. The molecule has 0 aliphatic carbocycles. The first kappa shape index (κ1) is 19.9. The van der Waals surface area contributed by atoms with E-state index in [4.69, 9.17) is 5.11 Å². The van der Waals surface area contributed by atoms with Crippen molar-refractivity contribution in [1.82, 2.24) is 0 Å². The smallest absolute Gasteiger partial charge is 0.416 e. The number of hydrogen-bond donors (Lipinski definition) is 1. The van der Waals surface area contributed by atoms with Gasteiger partial charge in [0.15, 0.2) is 0 Å². The maximum absolute atomic E-state index is 13.3. The van der Waals surface area contributed by atoms with Crippen LogP contribution in [0.1, 0.15) is 27.0 Å². The molecule has 2 aromatic rings. The van der Waals surface area contributed by atoms with Crippen molar-refractivity contribution < 1.29 is 27.9 Å². The van der Waals surface area contributed by atoms with Crippen molar-refractivity contribution in [1.29, 1.82) is 0 Å². The number of anilines is 1. The fraction of sp³-hybridized carbons (Fsp3) is 0.200. The molecule has 2 fully saturated rings. The molecule has 2 saturated heterocycles. The Bertz CT molecular complexity index is 1030. The first-order valence-electron chi connectivity index (χ1n) is 8.54. The van der Waals surface area contributed by atoms with Crippen molar-refractivity contribution in [3.8, 4) is 0 Å². The molecule has 2 aliphatic heterocycles. The lowest BCUT2D eigenvalue weighted by molar-refractivity contribution is -0.138. The van der Waals surface area contributed by atoms with E-state index in [0.717, 1.165) is 6.07 Å². The molecular weight excluding hydrogens is 423 g/mol. The Morgan fingerprint density at radius 2 is 1.86 bits per heavy atom. The number of nitrogens with zero attached hydrogens (tertiary/aromatic N) is 1. The zero-order chi connectivity index (χ0) is 20.9. The molecule has 0 aromatic heterocycles. The van der Waals surface area contributed by atoms with Crippen LogP contribution in [0, 0.1) is 6.92 Å². The highest BCUT2D eigenvalue weighted by Gasteiger charge is 2.53. The summed E-state index contributed by atoms with van der Waals surface area (Å²) in [5.74, 6) is -1.40. The molecule has 150 valence electrons. The maximum atomic E-state index is 13.3. The molecule has 2 atom stereocenters. The zero-order valence-corrected chi connectivity index (χ0v) is 16.6. The van der Waals surface area contributed by atoms with Crippen LogP contribution in [-0.2, 0) is 11.0 Å². The Morgan fingerprint density at radius 3 is 2.48 bits per heavy atom. The van der Waals surface area contributed by atoms with Gasteiger partial charge in [-0.2, -0.15) is 13.2 Å². The molecule has 1 N–H and O–H groups in total. The van der Waals surface area contributed by atoms with E-state index in [-0.39, 0.29) is 32.7 Å². The summed E-state index contributed by atoms with van der Waals surface area (Å²) >= 11 is 2.90. The van der Waals surface area contributed by atoms with Crippen molar-refractivity contribution >= 4 is 47.2 Å². The van der Waals surface area contributed by atoms with Crippen molar-refractivity contribution in [2.24, 2.45) is 0 Å². The number of fused-ring (bicyclic) bond motifs is 1. The molecular formula is C20H14F3NO3S2. The van der Waals surface area contributed by atoms with Gasteiger partial charge in [-0.25, -0.2) is 4.79 Å². The third kappa shape index (κ3) is 3.76. The van der Waals surface area contributed by atoms with Gasteiger partial charge in [-0.3, -0.25) is 9.69 Å². The van der Waals surface area contributed by atoms with Gasteiger partial charge in [0.1, 0.15) is 5.37 Å². The van der Waals surface area contributed by atoms with Gasteiger partial charge >= 0.3 is 12.1 Å². The van der Waals surface area contributed by atoms with Crippen LogP contribution < -0.4 is 4.90 Å². The number of carboxylic acid groups (broad SMARTS) is 1. The van der Waals surface area contributed by atoms with E-state index in [1.165, 1.54) is 59.6 Å². The van der Waals surface area contributed by atoms with Gasteiger partial charge in [-0.1, -0.05) is 18.2 Å². The lowest BCUT2D eigenvalue weighted by atomic mass is 10.0. The van der Waals surface area contributed by atoms with Crippen molar-refractivity contribution in [3.63, 3.8) is 0 Å². The highest BCUT2D eigenvalue weighted by atomic mass is 32.2. The summed E-state index contributed by atoms with van der Waals surface area (Å²) in [4.78, 5) is 25.9. The van der Waals surface area contributed by atoms with E-state index in [1.54, 1.807) is 18.2 Å². The number of carboxylic acids is 1. The minimum absolute atomic E-state index is 0.0247. The lowest BCUT2D eigenvalue weighted by Crippen LogP contribution is -2.38. The van der Waals surface area contributed by atoms with E-state index >= 15 is 0 Å². The van der Waals surface area contributed by atoms with Gasteiger partial charge in [0.05, 0.1) is 20.6 Å². The fourth-order valence-electron chi connectivity index (χ4n) is 3.18. The zero-order valence-electron chi connectivity index (χ0n) is 14.9. The van der Waals surface area contributed by atoms with Crippen LogP contribution in [0.4, 0.5) is 18.9 Å². The highest BCUT2D eigenvalue weighted by molar-refractivity contribution is 8.26. The predicted octanol–water partition coefficient (Wildman–Crippen LogP) is 5.23. The summed E-state index contributed by atoms with van der Waals surface area (Å²) in [6.07, 6.45) is -2.85. The number of hydrogen-bond acceptors (Lipinski definition) is 4. The number of thioether (sulfide) groups is 2. The number of alkyl halides is 3. The summed E-state index contributed by atoms with van der Waals surface area (Å²) in [5, 5.41) is 8.79. The molecule has 0 spiro atoms. The third-order valence-corrected chi connectivity index (χ3v) is 7.49. The topological polar surface area (TPSA) is 57.6 Å². The number of halogens is 3. The van der Waals surface area contributed by atoms with Crippen LogP contribution in [0.15, 0.2) is 47.4 Å². The largest absolute Gasteiger partial charge is 0.478 e. The number of aromatic carboxylic acids is 1. The number of carbonyl (C=O) groups is 2. The molecule has 1 amide bonds. The van der Waals surface area contributed by atoms with Crippen LogP contribution >= 0.6 is 23.5 Å². The van der Waals surface area contributed by atoms with Crippen LogP contribution in [0.3, 0.4) is 0 Å². The molecule has 2 aliphatic rings. The van der Waals surface area contributed by atoms with Crippen molar-refractivity contribution in [3.05, 3.63) is 69.6 Å². The van der Waals surface area contributed by atoms with Gasteiger partial charge in [0.2, 0.25) is 0 Å². The van der Waals surface area contributed by atoms with Crippen molar-refractivity contribution in [2.45, 2.75) is 23.1 Å². The Hall–Kier alpha value is -2.39. The Labute approximate surface area is 172 Å². The average Bonchev–Trinajstić information content (AvgIpc) is 3.41. The van der Waals surface area contributed by atoms with Crippen LogP contribution in [-0.4, -0.2) is 26.9 Å². The van der Waals surface area contributed by atoms with E-state index < -0.39 is 17.7 Å². The van der Waals surface area contributed by atoms with Gasteiger partial charge in [0.25, 0.3) is 5.91 Å². The van der Waals surface area contributed by atoms with E-state index in [1.807, 2.05) is 0 Å². The minimum Gasteiger partial charge on any atom is -0.478 e. The maximum Gasteiger partial charge on any atom is 0.416 e. The molecule has 0 bridgehead atoms. The molecule has 2 heterocycles. The average molecular weight is 437 g/mol. The van der Waals surface area contributed by atoms with E-state index in [2.05, 4.69) is 0 Å². The fourth-order valence-corrected chi connectivity index (χ4v) is 5.75. The van der Waals surface area contributed by atoms with E-state index in [9.17, 15) is 22.8 Å². The summed E-state index contributed by atoms with van der Waals surface area (Å²) < 4.78 is 39.9. The molecule has 0 saturated carbocycles. The van der Waals surface area contributed by atoms with Gasteiger partial charge in [-0.15, -0.1) is 23.5 Å². The lowest BCUT2D eigenvalue weighted by Gasteiger charge is -2.29. The Balaban J connectivity index is 1.69. The Morgan fingerprint density at radius 1 is 1.17 bits per heavy atom. The van der Waals surface area contributed by atoms with Crippen molar-refractivity contribution in [2.75, 3.05) is 4.90 Å². The van der Waals surface area contributed by atoms with Gasteiger partial charge in [0, 0.05) is 5.69 Å². The SMILES string of the molecule is Cc1c(N2C(=O)/C(=C/c3ccc(C(=O)O)cc3)SC3SC32)cccc1C(F)(F)F. The second-order valence-electron chi connectivity index (χ2n) is 6.57. The summed E-state index contributed by atoms with van der Waals surface area (Å²) in [7, 11) is 0. The molecule has 9 heteroatoms. The molecule has 29 heavy (non-hydrogen) atoms. The number of carbonyl (C=O) groups excluding carboxylic acids is 1. The second kappa shape index (κ2) is 7.14. The predicted molar refractivity (Wildman–Crippen MR) is 108 cm³/mol. The second-order valence-corrected chi connectivity index (χ2v) is 9.32. The third-order valence-electron chi connectivity index (χ3n) is 4.68. The van der Waals surface area contributed by atoms with Crippen LogP contribution in [0.25, 0.3) is 6.08 Å². The molecule has 4 rings (SSSR count). The molecule has 4 nitrogen and oxygen atoms in total. The molecule has 0 radical (unpaired) electrons. The normalized spacial score (nSPS) is 22.6. The van der Waals surface area contributed by atoms with Gasteiger partial charge < -0.3 is 5.11 Å². The molecule has 2 aromatic carbocycles. The number of amides is 1. The first-order chi connectivity index (χ1) is 13.7. The van der Waals surface area contributed by atoms with Gasteiger partial charge in [-0.05, 0) is 48.4 Å². The standard InChI is InChI=1S/C20H14F3NO3S2/c1-10-13(20(21,22)23)3-2-4-14(10)24-16(25)15(28-19-17(24)29-19)9-11-5-7-12(8-6-11)18(26)27/h2-9,17,19H,1H3,(H,26,27)/b15-9-. The quantitative estimate of drug-likeness (QED) is 0.526. The summed E-state index contributed by atoms with van der Waals surface area (Å²) in [6.45, 7) is 1.38. The highest BCUT2D eigenvalue weighted by Crippen LogP contribution is 2.59. The number of rotatable bonds is 3. The molecule has 2 unspecified atom stereocenters. The Kier molecular flexibility index (Phi) is 4.90. The van der Waals surface area contributed by atoms with E-state index in [0.29, 0.717) is 10.5 Å². The van der Waals surface area contributed by atoms with Crippen LogP contribution in [0.2, 0.25) is 0 Å². The summed E-state index contributed by atoms with van der Waals surface area (Å²) in [5.41, 5.74) is 0.316. The first-order valence-corrected chi connectivity index (χ1v) is 10.4. The number of benzene rings is 2. The van der Waals surface area contributed by atoms with Crippen LogP contribution in [0.5, 0.6) is 0 Å². The summed E-state index contributed by atoms with van der Waals surface area (Å²) in [6, 6.07) is 9.93.